The molecule has 7 heteroatoms. The fourth-order valence-electron chi connectivity index (χ4n) is 1.96. The summed E-state index contributed by atoms with van der Waals surface area (Å²) < 4.78 is 10.9. The third-order valence-corrected chi connectivity index (χ3v) is 3.14. The Hall–Kier alpha value is -1.14. The van der Waals surface area contributed by atoms with Crippen LogP contribution in [0.2, 0.25) is 5.28 Å². The van der Waals surface area contributed by atoms with Crippen LogP contribution in [0, 0.1) is 0 Å². The summed E-state index contributed by atoms with van der Waals surface area (Å²) in [6.45, 7) is 6.82. The van der Waals surface area contributed by atoms with Gasteiger partial charge in [-0.1, -0.05) is 13.8 Å². The normalized spacial score (nSPS) is 19.5. The smallest absolute Gasteiger partial charge is 0.322 e. The van der Waals surface area contributed by atoms with Crippen molar-refractivity contribution in [3.63, 3.8) is 0 Å². The van der Waals surface area contributed by atoms with Gasteiger partial charge in [-0.05, 0) is 24.4 Å². The van der Waals surface area contributed by atoms with Crippen molar-refractivity contribution in [1.29, 1.82) is 0 Å². The summed E-state index contributed by atoms with van der Waals surface area (Å²) >= 11 is 5.94. The molecule has 1 unspecified atom stereocenters. The quantitative estimate of drug-likeness (QED) is 0.824. The molecule has 1 aromatic rings. The van der Waals surface area contributed by atoms with Gasteiger partial charge in [-0.2, -0.15) is 15.0 Å². The number of halogens is 1. The molecular weight excluding hydrogens is 268 g/mol. The van der Waals surface area contributed by atoms with E-state index in [1.807, 2.05) is 6.92 Å². The number of aromatic nitrogens is 3. The highest BCUT2D eigenvalue weighted by molar-refractivity contribution is 6.28. The summed E-state index contributed by atoms with van der Waals surface area (Å²) in [6, 6.07) is 0.560. The Kier molecular flexibility index (Phi) is 5.15. The van der Waals surface area contributed by atoms with Gasteiger partial charge in [0.2, 0.25) is 11.2 Å². The fraction of sp³-hybridized carbons (Fsp3) is 0.750. The Morgan fingerprint density at radius 3 is 2.95 bits per heavy atom. The number of hydrogen-bond acceptors (Lipinski definition) is 6. The number of hydrogen-bond donors (Lipinski definition) is 0. The first kappa shape index (κ1) is 14.3. The fourth-order valence-corrected chi connectivity index (χ4v) is 2.11. The van der Waals surface area contributed by atoms with Crippen LogP contribution in [0.1, 0.15) is 26.7 Å². The topological polar surface area (TPSA) is 60.4 Å². The van der Waals surface area contributed by atoms with Crippen LogP contribution in [0.3, 0.4) is 0 Å². The van der Waals surface area contributed by atoms with Crippen molar-refractivity contribution in [2.45, 2.75) is 32.7 Å². The second-order valence-electron chi connectivity index (χ2n) is 4.37. The molecule has 106 valence electrons. The van der Waals surface area contributed by atoms with Crippen molar-refractivity contribution in [2.75, 3.05) is 31.3 Å². The van der Waals surface area contributed by atoms with Gasteiger partial charge in [0.1, 0.15) is 0 Å². The average Bonchev–Trinajstić information content (AvgIpc) is 2.44. The van der Waals surface area contributed by atoms with Crippen molar-refractivity contribution >= 4 is 17.5 Å². The van der Waals surface area contributed by atoms with E-state index in [4.69, 9.17) is 21.1 Å². The molecule has 2 rings (SSSR count). The van der Waals surface area contributed by atoms with E-state index in [1.54, 1.807) is 0 Å². The van der Waals surface area contributed by atoms with Gasteiger partial charge in [-0.3, -0.25) is 0 Å². The second-order valence-corrected chi connectivity index (χ2v) is 4.70. The molecular formula is C12H19ClN4O2. The molecule has 2 heterocycles. The lowest BCUT2D eigenvalue weighted by Crippen LogP contribution is -2.46. The number of morpholine rings is 1. The third-order valence-electron chi connectivity index (χ3n) is 2.97. The van der Waals surface area contributed by atoms with E-state index in [0.717, 1.165) is 19.4 Å². The number of nitrogens with zero attached hydrogens (tertiary/aromatic N) is 4. The first-order valence-electron chi connectivity index (χ1n) is 6.63. The molecule has 0 aliphatic carbocycles. The Morgan fingerprint density at radius 1 is 1.37 bits per heavy atom. The number of anilines is 1. The van der Waals surface area contributed by atoms with Gasteiger partial charge in [0.05, 0.1) is 25.9 Å². The van der Waals surface area contributed by atoms with Crippen molar-refractivity contribution in [1.82, 2.24) is 15.0 Å². The van der Waals surface area contributed by atoms with E-state index in [9.17, 15) is 0 Å². The summed E-state index contributed by atoms with van der Waals surface area (Å²) in [7, 11) is 0. The van der Waals surface area contributed by atoms with E-state index in [1.165, 1.54) is 0 Å². The van der Waals surface area contributed by atoms with Crippen LogP contribution in [0.15, 0.2) is 0 Å². The van der Waals surface area contributed by atoms with Gasteiger partial charge < -0.3 is 14.4 Å². The molecule has 1 atom stereocenters. The van der Waals surface area contributed by atoms with Crippen molar-refractivity contribution in [3.8, 4) is 6.01 Å². The lowest BCUT2D eigenvalue weighted by atomic mass is 10.2. The molecule has 1 aromatic heterocycles. The Bertz CT molecular complexity index is 419. The summed E-state index contributed by atoms with van der Waals surface area (Å²) in [5.74, 6) is 0.571. The van der Waals surface area contributed by atoms with E-state index in [2.05, 4.69) is 26.8 Å². The van der Waals surface area contributed by atoms with E-state index in [0.29, 0.717) is 25.8 Å². The lowest BCUT2D eigenvalue weighted by molar-refractivity contribution is 0.0919. The molecule has 1 aliphatic heterocycles. The van der Waals surface area contributed by atoms with Crippen LogP contribution in [-0.4, -0.2) is 47.4 Å². The van der Waals surface area contributed by atoms with Crippen molar-refractivity contribution in [3.05, 3.63) is 5.28 Å². The molecule has 19 heavy (non-hydrogen) atoms. The maximum atomic E-state index is 5.94. The van der Waals surface area contributed by atoms with E-state index < -0.39 is 0 Å². The minimum absolute atomic E-state index is 0.164. The molecule has 0 radical (unpaired) electrons. The zero-order chi connectivity index (χ0) is 13.7. The first-order valence-corrected chi connectivity index (χ1v) is 7.01. The van der Waals surface area contributed by atoms with Gasteiger partial charge in [-0.25, -0.2) is 0 Å². The average molecular weight is 287 g/mol. The summed E-state index contributed by atoms with van der Waals surface area (Å²) in [4.78, 5) is 14.6. The summed E-state index contributed by atoms with van der Waals surface area (Å²) in [5.41, 5.74) is 0. The zero-order valence-electron chi connectivity index (χ0n) is 11.3. The van der Waals surface area contributed by atoms with Gasteiger partial charge in [0, 0.05) is 6.54 Å². The number of rotatable bonds is 5. The minimum atomic E-state index is 0.164. The Morgan fingerprint density at radius 2 is 2.21 bits per heavy atom. The van der Waals surface area contributed by atoms with Gasteiger partial charge in [-0.15, -0.1) is 0 Å². The maximum absolute atomic E-state index is 5.94. The molecule has 0 N–H and O–H groups in total. The van der Waals surface area contributed by atoms with Gasteiger partial charge in [0.15, 0.2) is 0 Å². The predicted octanol–water partition coefficient (Wildman–Crippen LogP) is 1.93. The summed E-state index contributed by atoms with van der Waals surface area (Å²) in [6.07, 6.45) is 1.86. The third kappa shape index (κ3) is 3.67. The minimum Gasteiger partial charge on any atom is -0.463 e. The van der Waals surface area contributed by atoms with Crippen LogP contribution >= 0.6 is 11.6 Å². The van der Waals surface area contributed by atoms with Crippen LogP contribution in [0.4, 0.5) is 5.95 Å². The SMILES string of the molecule is CCCOc1nc(Cl)nc(N2CCOCC2CC)n1. The van der Waals surface area contributed by atoms with Gasteiger partial charge in [0.25, 0.3) is 0 Å². The van der Waals surface area contributed by atoms with Crippen molar-refractivity contribution < 1.29 is 9.47 Å². The van der Waals surface area contributed by atoms with Crippen molar-refractivity contribution in [2.24, 2.45) is 0 Å². The lowest BCUT2D eigenvalue weighted by Gasteiger charge is -2.34. The highest BCUT2D eigenvalue weighted by Crippen LogP contribution is 2.20. The number of ether oxygens (including phenoxy) is 2. The maximum Gasteiger partial charge on any atom is 0.322 e. The molecule has 1 aliphatic rings. The molecule has 0 spiro atoms. The van der Waals surface area contributed by atoms with E-state index >= 15 is 0 Å². The molecule has 1 saturated heterocycles. The standard InChI is InChI=1S/C12H19ClN4O2/c1-3-6-19-12-15-10(13)14-11(16-12)17-5-7-18-8-9(17)4-2/h9H,3-8H2,1-2H3. The van der Waals surface area contributed by atoms with E-state index in [-0.39, 0.29) is 17.3 Å². The first-order chi connectivity index (χ1) is 9.24. The molecule has 1 fully saturated rings. The summed E-state index contributed by atoms with van der Waals surface area (Å²) in [5, 5.41) is 0.164. The highest BCUT2D eigenvalue weighted by atomic mass is 35.5. The van der Waals surface area contributed by atoms with Gasteiger partial charge >= 0.3 is 6.01 Å². The largest absolute Gasteiger partial charge is 0.463 e. The second kappa shape index (κ2) is 6.86. The molecule has 0 amide bonds. The van der Waals surface area contributed by atoms with Crippen LogP contribution in [0.25, 0.3) is 0 Å². The molecule has 0 bridgehead atoms. The van der Waals surface area contributed by atoms with Crippen LogP contribution in [-0.2, 0) is 4.74 Å². The highest BCUT2D eigenvalue weighted by Gasteiger charge is 2.24. The Labute approximate surface area is 118 Å². The predicted molar refractivity (Wildman–Crippen MR) is 72.9 cm³/mol. The zero-order valence-corrected chi connectivity index (χ0v) is 12.1. The molecule has 0 aromatic carbocycles. The Balaban J connectivity index is 2.19. The molecule has 6 nitrogen and oxygen atoms in total. The van der Waals surface area contributed by atoms with Crippen LogP contribution in [0.5, 0.6) is 6.01 Å². The van der Waals surface area contributed by atoms with Crippen LogP contribution < -0.4 is 9.64 Å². The monoisotopic (exact) mass is 286 g/mol. The molecule has 0 saturated carbocycles.